The zero-order valence-corrected chi connectivity index (χ0v) is 20.0. The Morgan fingerprint density at radius 2 is 1.91 bits per heavy atom. The first-order valence-corrected chi connectivity index (χ1v) is 12.3. The first-order chi connectivity index (χ1) is 16.1. The van der Waals surface area contributed by atoms with Crippen LogP contribution in [0.1, 0.15) is 43.7 Å². The van der Waals surface area contributed by atoms with E-state index in [0.717, 1.165) is 47.9 Å². The molecule has 1 aliphatic rings. The minimum atomic E-state index is 0.115. The van der Waals surface area contributed by atoms with E-state index in [1.54, 1.807) is 0 Å². The van der Waals surface area contributed by atoms with Crippen LogP contribution in [0.3, 0.4) is 0 Å². The molecule has 0 radical (unpaired) electrons. The Morgan fingerprint density at radius 1 is 1.12 bits per heavy atom. The fourth-order valence-electron chi connectivity index (χ4n) is 4.62. The van der Waals surface area contributed by atoms with E-state index in [-0.39, 0.29) is 5.91 Å². The van der Waals surface area contributed by atoms with E-state index in [1.807, 2.05) is 35.0 Å². The van der Waals surface area contributed by atoms with Crippen molar-refractivity contribution in [3.05, 3.63) is 71.9 Å². The molecule has 1 aliphatic heterocycles. The van der Waals surface area contributed by atoms with Crippen LogP contribution in [0.25, 0.3) is 16.9 Å². The molecule has 3 aromatic rings. The van der Waals surface area contributed by atoms with Gasteiger partial charge in [-0.15, -0.1) is 0 Å². The van der Waals surface area contributed by atoms with Crippen LogP contribution < -0.4 is 5.32 Å². The smallest absolute Gasteiger partial charge is 0.220 e. The Labute approximate surface area is 197 Å². The molecule has 0 saturated carbocycles. The van der Waals surface area contributed by atoms with E-state index >= 15 is 0 Å². The monoisotopic (exact) mass is 444 g/mol. The molecule has 1 saturated heterocycles. The average Bonchev–Trinajstić information content (AvgIpc) is 3.26. The Balaban J connectivity index is 1.35. The minimum Gasteiger partial charge on any atom is -0.356 e. The van der Waals surface area contributed by atoms with Gasteiger partial charge in [0.15, 0.2) is 0 Å². The molecule has 4 rings (SSSR count). The average molecular weight is 445 g/mol. The highest BCUT2D eigenvalue weighted by Gasteiger charge is 2.16. The third-order valence-corrected chi connectivity index (χ3v) is 6.47. The first-order valence-electron chi connectivity index (χ1n) is 12.3. The number of nitrogens with one attached hydrogen (secondary N) is 1. The number of amides is 1. The largest absolute Gasteiger partial charge is 0.356 e. The SMILES string of the molecule is Cc1ccc(-c2nn(-c3ccccc3)cc2CCC(=O)NCCCN2CCC[C@H](C)C2)cc1. The number of hydrogen-bond donors (Lipinski definition) is 1. The van der Waals surface area contributed by atoms with Gasteiger partial charge in [0.25, 0.3) is 0 Å². The number of likely N-dealkylation sites (tertiary alicyclic amines) is 1. The molecule has 0 spiro atoms. The normalized spacial score (nSPS) is 16.6. The summed E-state index contributed by atoms with van der Waals surface area (Å²) < 4.78 is 1.92. The second kappa shape index (κ2) is 11.3. The molecule has 33 heavy (non-hydrogen) atoms. The molecule has 0 unspecified atom stereocenters. The molecule has 5 heteroatoms. The van der Waals surface area contributed by atoms with Gasteiger partial charge in [-0.25, -0.2) is 4.68 Å². The molecule has 174 valence electrons. The number of aromatic nitrogens is 2. The third-order valence-electron chi connectivity index (χ3n) is 6.47. The molecule has 1 atom stereocenters. The van der Waals surface area contributed by atoms with Gasteiger partial charge in [0.05, 0.1) is 11.4 Å². The lowest BCUT2D eigenvalue weighted by molar-refractivity contribution is -0.121. The third kappa shape index (κ3) is 6.55. The van der Waals surface area contributed by atoms with Gasteiger partial charge >= 0.3 is 0 Å². The van der Waals surface area contributed by atoms with E-state index in [1.165, 1.54) is 31.5 Å². The van der Waals surface area contributed by atoms with Gasteiger partial charge < -0.3 is 10.2 Å². The highest BCUT2D eigenvalue weighted by atomic mass is 16.1. The zero-order valence-electron chi connectivity index (χ0n) is 20.0. The Bertz CT molecular complexity index is 1030. The van der Waals surface area contributed by atoms with Gasteiger partial charge in [-0.2, -0.15) is 5.10 Å². The van der Waals surface area contributed by atoms with Crippen molar-refractivity contribution in [3.8, 4) is 16.9 Å². The van der Waals surface area contributed by atoms with E-state index in [9.17, 15) is 4.79 Å². The highest BCUT2D eigenvalue weighted by molar-refractivity contribution is 5.76. The number of carbonyl (C=O) groups excluding carboxylic acids is 1. The maximum absolute atomic E-state index is 12.5. The van der Waals surface area contributed by atoms with E-state index in [2.05, 4.69) is 54.5 Å². The van der Waals surface area contributed by atoms with Crippen LogP contribution >= 0.6 is 0 Å². The number of para-hydroxylation sites is 1. The van der Waals surface area contributed by atoms with Crippen LogP contribution in [-0.2, 0) is 11.2 Å². The summed E-state index contributed by atoms with van der Waals surface area (Å²) in [6.07, 6.45) is 6.87. The van der Waals surface area contributed by atoms with Gasteiger partial charge in [-0.05, 0) is 69.3 Å². The van der Waals surface area contributed by atoms with Crippen molar-refractivity contribution in [1.29, 1.82) is 0 Å². The number of benzene rings is 2. The Kier molecular flexibility index (Phi) is 7.95. The molecular weight excluding hydrogens is 408 g/mol. The van der Waals surface area contributed by atoms with Crippen molar-refractivity contribution >= 4 is 5.91 Å². The molecule has 1 N–H and O–H groups in total. The second-order valence-corrected chi connectivity index (χ2v) is 9.40. The molecule has 1 amide bonds. The minimum absolute atomic E-state index is 0.115. The quantitative estimate of drug-likeness (QED) is 0.472. The van der Waals surface area contributed by atoms with Crippen molar-refractivity contribution in [2.45, 2.75) is 46.0 Å². The Hall–Kier alpha value is -2.92. The topological polar surface area (TPSA) is 50.2 Å². The summed E-state index contributed by atoms with van der Waals surface area (Å²) in [6.45, 7) is 8.64. The van der Waals surface area contributed by atoms with Crippen LogP contribution in [0, 0.1) is 12.8 Å². The van der Waals surface area contributed by atoms with Gasteiger partial charge in [0.2, 0.25) is 5.91 Å². The second-order valence-electron chi connectivity index (χ2n) is 9.40. The number of piperidine rings is 1. The van der Waals surface area contributed by atoms with Crippen LogP contribution in [0.2, 0.25) is 0 Å². The van der Waals surface area contributed by atoms with Crippen molar-refractivity contribution in [2.75, 3.05) is 26.2 Å². The first kappa shape index (κ1) is 23.2. The van der Waals surface area contributed by atoms with E-state index in [4.69, 9.17) is 5.10 Å². The maximum Gasteiger partial charge on any atom is 0.220 e. The number of nitrogens with zero attached hydrogens (tertiary/aromatic N) is 3. The summed E-state index contributed by atoms with van der Waals surface area (Å²) in [6, 6.07) is 18.6. The summed E-state index contributed by atoms with van der Waals surface area (Å²) in [5.74, 6) is 0.914. The van der Waals surface area contributed by atoms with Gasteiger partial charge in [0.1, 0.15) is 0 Å². The van der Waals surface area contributed by atoms with Gasteiger partial charge in [-0.3, -0.25) is 4.79 Å². The van der Waals surface area contributed by atoms with Crippen LogP contribution in [-0.4, -0.2) is 46.8 Å². The van der Waals surface area contributed by atoms with Crippen LogP contribution in [0.5, 0.6) is 0 Å². The lowest BCUT2D eigenvalue weighted by atomic mass is 10.0. The van der Waals surface area contributed by atoms with Gasteiger partial charge in [-0.1, -0.05) is 55.0 Å². The van der Waals surface area contributed by atoms with Gasteiger partial charge in [0, 0.05) is 31.3 Å². The molecule has 5 nitrogen and oxygen atoms in total. The van der Waals surface area contributed by atoms with Crippen LogP contribution in [0.4, 0.5) is 0 Å². The number of hydrogen-bond acceptors (Lipinski definition) is 3. The summed E-state index contributed by atoms with van der Waals surface area (Å²) in [4.78, 5) is 15.1. The standard InChI is InChI=1S/C28H36N4O/c1-22-11-13-24(14-12-22)28-25(21-32(30-28)26-9-4-3-5-10-26)15-16-27(33)29-17-7-19-31-18-6-8-23(2)20-31/h3-5,9-14,21,23H,6-8,15-20H2,1-2H3,(H,29,33)/t23-/m0/s1. The molecule has 1 fully saturated rings. The summed E-state index contributed by atoms with van der Waals surface area (Å²) in [5.41, 5.74) is 5.38. The zero-order chi connectivity index (χ0) is 23.0. The fourth-order valence-corrected chi connectivity index (χ4v) is 4.62. The summed E-state index contributed by atoms with van der Waals surface area (Å²) in [7, 11) is 0. The predicted molar refractivity (Wildman–Crippen MR) is 135 cm³/mol. The molecule has 2 aromatic carbocycles. The van der Waals surface area contributed by atoms with Crippen molar-refractivity contribution in [3.63, 3.8) is 0 Å². The van der Waals surface area contributed by atoms with E-state index < -0.39 is 0 Å². The number of aryl methyl sites for hydroxylation is 2. The lowest BCUT2D eigenvalue weighted by Gasteiger charge is -2.30. The molecule has 2 heterocycles. The molecule has 1 aromatic heterocycles. The van der Waals surface area contributed by atoms with Crippen molar-refractivity contribution < 1.29 is 4.79 Å². The number of carbonyl (C=O) groups is 1. The Morgan fingerprint density at radius 3 is 2.67 bits per heavy atom. The molecule has 0 bridgehead atoms. The van der Waals surface area contributed by atoms with Crippen LogP contribution in [0.15, 0.2) is 60.8 Å². The predicted octanol–water partition coefficient (Wildman–Crippen LogP) is 5.02. The highest BCUT2D eigenvalue weighted by Crippen LogP contribution is 2.25. The van der Waals surface area contributed by atoms with E-state index in [0.29, 0.717) is 12.8 Å². The summed E-state index contributed by atoms with van der Waals surface area (Å²) in [5, 5.41) is 7.99. The fraction of sp³-hybridized carbons (Fsp3) is 0.429. The summed E-state index contributed by atoms with van der Waals surface area (Å²) >= 11 is 0. The molecule has 0 aliphatic carbocycles. The van der Waals surface area contributed by atoms with Crippen molar-refractivity contribution in [2.24, 2.45) is 5.92 Å². The van der Waals surface area contributed by atoms with Crippen molar-refractivity contribution in [1.82, 2.24) is 20.0 Å². The maximum atomic E-state index is 12.5. The lowest BCUT2D eigenvalue weighted by Crippen LogP contribution is -2.36. The number of rotatable bonds is 9. The molecular formula is C28H36N4O.